The van der Waals surface area contributed by atoms with Crippen LogP contribution in [0.15, 0.2) is 0 Å². The lowest BCUT2D eigenvalue weighted by atomic mass is 9.95. The molecule has 1 atom stereocenters. The Kier molecular flexibility index (Phi) is 5.22. The predicted molar refractivity (Wildman–Crippen MR) is 62.2 cm³/mol. The van der Waals surface area contributed by atoms with Gasteiger partial charge in [-0.1, -0.05) is 13.3 Å². The molecule has 1 rings (SSSR count). The van der Waals surface area contributed by atoms with Crippen LogP contribution in [-0.2, 0) is 9.53 Å². The highest BCUT2D eigenvalue weighted by atomic mass is 16.5. The Morgan fingerprint density at radius 2 is 2.31 bits per heavy atom. The summed E-state index contributed by atoms with van der Waals surface area (Å²) in [7, 11) is 0. The molecule has 0 aromatic carbocycles. The summed E-state index contributed by atoms with van der Waals surface area (Å²) in [6.45, 7) is 6.14. The molecular formula is C12H23NO3. The largest absolute Gasteiger partial charge is 0.465 e. The molecule has 0 saturated carbocycles. The lowest BCUT2D eigenvalue weighted by molar-refractivity contribution is -0.146. The van der Waals surface area contributed by atoms with Gasteiger partial charge in [0, 0.05) is 6.54 Å². The minimum atomic E-state index is -0.651. The number of hydrogen-bond donors (Lipinski definition) is 1. The van der Waals surface area contributed by atoms with Crippen molar-refractivity contribution in [3.05, 3.63) is 0 Å². The number of carbonyl (C=O) groups is 1. The van der Waals surface area contributed by atoms with E-state index in [4.69, 9.17) is 4.74 Å². The quantitative estimate of drug-likeness (QED) is 0.568. The number of hydrogen-bond acceptors (Lipinski definition) is 4. The van der Waals surface area contributed by atoms with E-state index in [1.807, 2.05) is 11.8 Å². The first-order chi connectivity index (χ1) is 7.53. The average Bonchev–Trinajstić information content (AvgIpc) is 2.16. The first kappa shape index (κ1) is 13.5. The van der Waals surface area contributed by atoms with Gasteiger partial charge in [-0.25, -0.2) is 0 Å². The number of likely N-dealkylation sites (tertiary alicyclic amines) is 1. The summed E-state index contributed by atoms with van der Waals surface area (Å²) in [5.41, 5.74) is -0.651. The van der Waals surface area contributed by atoms with Gasteiger partial charge in [0.25, 0.3) is 0 Å². The summed E-state index contributed by atoms with van der Waals surface area (Å²) in [5.74, 6) is -0.175. The summed E-state index contributed by atoms with van der Waals surface area (Å²) in [5, 5.41) is 9.88. The molecule has 16 heavy (non-hydrogen) atoms. The zero-order valence-electron chi connectivity index (χ0n) is 10.4. The van der Waals surface area contributed by atoms with Crippen LogP contribution in [0.5, 0.6) is 0 Å². The molecule has 1 aliphatic rings. The normalized spacial score (nSPS) is 26.7. The second kappa shape index (κ2) is 6.21. The molecular weight excluding hydrogens is 206 g/mol. The fourth-order valence-corrected chi connectivity index (χ4v) is 2.02. The van der Waals surface area contributed by atoms with Crippen molar-refractivity contribution in [1.82, 2.24) is 4.90 Å². The molecule has 0 aliphatic carbocycles. The van der Waals surface area contributed by atoms with E-state index >= 15 is 0 Å². The van der Waals surface area contributed by atoms with Crippen molar-refractivity contribution >= 4 is 5.97 Å². The maximum atomic E-state index is 11.5. The van der Waals surface area contributed by atoms with Gasteiger partial charge in [-0.3, -0.25) is 9.69 Å². The topological polar surface area (TPSA) is 49.8 Å². The molecule has 0 bridgehead atoms. The molecule has 0 aromatic rings. The first-order valence-electron chi connectivity index (χ1n) is 6.14. The standard InChI is InChI=1S/C12H23NO3/c1-3-4-8-16-11(14)9-13-7-5-6-12(2,15)10-13/h15H,3-10H2,1-2H3. The second-order valence-electron chi connectivity index (χ2n) is 4.89. The fourth-order valence-electron chi connectivity index (χ4n) is 2.02. The van der Waals surface area contributed by atoms with Crippen molar-refractivity contribution in [2.24, 2.45) is 0 Å². The van der Waals surface area contributed by atoms with Gasteiger partial charge < -0.3 is 9.84 Å². The molecule has 0 spiro atoms. The monoisotopic (exact) mass is 229 g/mol. The van der Waals surface area contributed by atoms with Gasteiger partial charge in [0.1, 0.15) is 0 Å². The Labute approximate surface area is 97.6 Å². The van der Waals surface area contributed by atoms with E-state index in [0.717, 1.165) is 32.2 Å². The summed E-state index contributed by atoms with van der Waals surface area (Å²) in [4.78, 5) is 13.4. The minimum absolute atomic E-state index is 0.175. The molecule has 0 amide bonds. The smallest absolute Gasteiger partial charge is 0.320 e. The number of ether oxygens (including phenoxy) is 1. The Morgan fingerprint density at radius 1 is 1.56 bits per heavy atom. The van der Waals surface area contributed by atoms with E-state index in [-0.39, 0.29) is 5.97 Å². The molecule has 4 nitrogen and oxygen atoms in total. The van der Waals surface area contributed by atoms with Crippen molar-refractivity contribution in [3.63, 3.8) is 0 Å². The molecule has 94 valence electrons. The Balaban J connectivity index is 2.23. The summed E-state index contributed by atoms with van der Waals surface area (Å²) in [6, 6.07) is 0. The van der Waals surface area contributed by atoms with Gasteiger partial charge in [-0.05, 0) is 32.7 Å². The van der Waals surface area contributed by atoms with Gasteiger partial charge in [0.15, 0.2) is 0 Å². The summed E-state index contributed by atoms with van der Waals surface area (Å²) in [6.07, 6.45) is 3.71. The Bertz CT molecular complexity index is 228. The molecule has 1 saturated heterocycles. The third kappa shape index (κ3) is 4.94. The van der Waals surface area contributed by atoms with Gasteiger partial charge in [0.05, 0.1) is 18.8 Å². The van der Waals surface area contributed by atoms with Crippen LogP contribution in [0.25, 0.3) is 0 Å². The van der Waals surface area contributed by atoms with Crippen molar-refractivity contribution in [1.29, 1.82) is 0 Å². The molecule has 4 heteroatoms. The van der Waals surface area contributed by atoms with Crippen LogP contribution in [-0.4, -0.2) is 47.8 Å². The SMILES string of the molecule is CCCCOC(=O)CN1CCCC(C)(O)C1. The molecule has 1 heterocycles. The van der Waals surface area contributed by atoms with E-state index in [9.17, 15) is 9.90 Å². The molecule has 0 radical (unpaired) electrons. The number of carbonyl (C=O) groups excluding carboxylic acids is 1. The minimum Gasteiger partial charge on any atom is -0.465 e. The number of aliphatic hydroxyl groups is 1. The van der Waals surface area contributed by atoms with Crippen LogP contribution in [0, 0.1) is 0 Å². The molecule has 1 N–H and O–H groups in total. The van der Waals surface area contributed by atoms with Crippen LogP contribution >= 0.6 is 0 Å². The zero-order chi connectivity index (χ0) is 12.0. The highest BCUT2D eigenvalue weighted by Gasteiger charge is 2.29. The number of β-amino-alcohol motifs (C(OH)–C–C–N with tert-alkyl or cyclic N) is 1. The third-order valence-corrected chi connectivity index (χ3v) is 2.87. The van der Waals surface area contributed by atoms with Crippen LogP contribution in [0.3, 0.4) is 0 Å². The maximum Gasteiger partial charge on any atom is 0.320 e. The number of unbranched alkanes of at least 4 members (excludes halogenated alkanes) is 1. The first-order valence-corrected chi connectivity index (χ1v) is 6.14. The van der Waals surface area contributed by atoms with Gasteiger partial charge in [-0.2, -0.15) is 0 Å². The third-order valence-electron chi connectivity index (χ3n) is 2.87. The molecule has 1 aliphatic heterocycles. The van der Waals surface area contributed by atoms with Crippen LogP contribution < -0.4 is 0 Å². The lowest BCUT2D eigenvalue weighted by Gasteiger charge is -2.36. The van der Waals surface area contributed by atoms with E-state index in [0.29, 0.717) is 19.7 Å². The van der Waals surface area contributed by atoms with Crippen molar-refractivity contribution < 1.29 is 14.6 Å². The fraction of sp³-hybridized carbons (Fsp3) is 0.917. The van der Waals surface area contributed by atoms with Crippen molar-refractivity contribution in [2.75, 3.05) is 26.2 Å². The van der Waals surface area contributed by atoms with Crippen LogP contribution in [0.2, 0.25) is 0 Å². The molecule has 1 unspecified atom stereocenters. The second-order valence-corrected chi connectivity index (χ2v) is 4.89. The van der Waals surface area contributed by atoms with Crippen molar-refractivity contribution in [2.45, 2.75) is 45.1 Å². The number of nitrogens with zero attached hydrogens (tertiary/aromatic N) is 1. The van der Waals surface area contributed by atoms with Crippen molar-refractivity contribution in [3.8, 4) is 0 Å². The zero-order valence-corrected chi connectivity index (χ0v) is 10.4. The van der Waals surface area contributed by atoms with Gasteiger partial charge >= 0.3 is 5.97 Å². The molecule has 0 aromatic heterocycles. The highest BCUT2D eigenvalue weighted by molar-refractivity contribution is 5.71. The van der Waals surface area contributed by atoms with E-state index < -0.39 is 5.60 Å². The van der Waals surface area contributed by atoms with E-state index in [1.54, 1.807) is 0 Å². The van der Waals surface area contributed by atoms with Crippen LogP contribution in [0.4, 0.5) is 0 Å². The summed E-state index contributed by atoms with van der Waals surface area (Å²) < 4.78 is 5.09. The Hall–Kier alpha value is -0.610. The van der Waals surface area contributed by atoms with Gasteiger partial charge in [-0.15, -0.1) is 0 Å². The maximum absolute atomic E-state index is 11.5. The predicted octanol–water partition coefficient (Wildman–Crippen LogP) is 1.18. The van der Waals surface area contributed by atoms with E-state index in [2.05, 4.69) is 6.92 Å². The summed E-state index contributed by atoms with van der Waals surface area (Å²) >= 11 is 0. The highest BCUT2D eigenvalue weighted by Crippen LogP contribution is 2.19. The van der Waals surface area contributed by atoms with Gasteiger partial charge in [0.2, 0.25) is 0 Å². The number of rotatable bonds is 5. The van der Waals surface area contributed by atoms with E-state index in [1.165, 1.54) is 0 Å². The Morgan fingerprint density at radius 3 is 2.94 bits per heavy atom. The van der Waals surface area contributed by atoms with Crippen LogP contribution in [0.1, 0.15) is 39.5 Å². The molecule has 1 fully saturated rings. The average molecular weight is 229 g/mol. The lowest BCUT2D eigenvalue weighted by Crippen LogP contribution is -2.47. The number of piperidine rings is 1. The number of esters is 1.